The normalized spacial score (nSPS) is 10.5. The molecule has 0 saturated carbocycles. The van der Waals surface area contributed by atoms with Crippen molar-refractivity contribution in [3.63, 3.8) is 0 Å². The number of rotatable bonds is 3. The molecule has 2 aromatic rings. The third-order valence-electron chi connectivity index (χ3n) is 2.45. The van der Waals surface area contributed by atoms with Gasteiger partial charge in [0.25, 0.3) is 0 Å². The number of fused-ring (bicyclic) bond motifs is 1. The second kappa shape index (κ2) is 4.37. The number of carboxylic acids is 1. The standard InChI is InChI=1S/C12H12N2O3/c1-7-9-5-8(17-2)3-4-10(9)14-11(13-7)6-12(15)16/h3-5H,6H2,1-2H3,(H,15,16). The van der Waals surface area contributed by atoms with Gasteiger partial charge in [0.15, 0.2) is 0 Å². The molecule has 1 aromatic heterocycles. The summed E-state index contributed by atoms with van der Waals surface area (Å²) in [6, 6.07) is 5.43. The molecule has 5 nitrogen and oxygen atoms in total. The monoisotopic (exact) mass is 232 g/mol. The first kappa shape index (κ1) is 11.3. The fourth-order valence-electron chi connectivity index (χ4n) is 1.66. The molecule has 0 spiro atoms. The van der Waals surface area contributed by atoms with Crippen LogP contribution in [0.5, 0.6) is 5.75 Å². The van der Waals surface area contributed by atoms with Crippen molar-refractivity contribution in [1.82, 2.24) is 9.97 Å². The highest BCUT2D eigenvalue weighted by Crippen LogP contribution is 2.21. The van der Waals surface area contributed by atoms with Crippen molar-refractivity contribution < 1.29 is 14.6 Å². The van der Waals surface area contributed by atoms with E-state index in [2.05, 4.69) is 9.97 Å². The first-order valence-electron chi connectivity index (χ1n) is 5.13. The molecule has 0 fully saturated rings. The number of ether oxygens (including phenoxy) is 1. The van der Waals surface area contributed by atoms with Gasteiger partial charge in [0.1, 0.15) is 18.0 Å². The van der Waals surface area contributed by atoms with Crippen LogP contribution in [0.25, 0.3) is 10.9 Å². The summed E-state index contributed by atoms with van der Waals surface area (Å²) in [6.07, 6.45) is -0.164. The Morgan fingerprint density at radius 3 is 2.82 bits per heavy atom. The number of aliphatic carboxylic acids is 1. The maximum absolute atomic E-state index is 10.6. The highest BCUT2D eigenvalue weighted by atomic mass is 16.5. The van der Waals surface area contributed by atoms with Crippen LogP contribution in [0.2, 0.25) is 0 Å². The van der Waals surface area contributed by atoms with Crippen LogP contribution in [0.1, 0.15) is 11.5 Å². The smallest absolute Gasteiger partial charge is 0.311 e. The molecule has 17 heavy (non-hydrogen) atoms. The summed E-state index contributed by atoms with van der Waals surface area (Å²) in [7, 11) is 1.59. The topological polar surface area (TPSA) is 72.3 Å². The van der Waals surface area contributed by atoms with Gasteiger partial charge in [-0.25, -0.2) is 9.97 Å². The average Bonchev–Trinajstić information content (AvgIpc) is 2.28. The van der Waals surface area contributed by atoms with Gasteiger partial charge in [0.2, 0.25) is 0 Å². The molecule has 0 aliphatic rings. The molecule has 1 aromatic carbocycles. The van der Waals surface area contributed by atoms with Crippen LogP contribution < -0.4 is 4.74 Å². The summed E-state index contributed by atoms with van der Waals surface area (Å²) in [5, 5.41) is 9.59. The molecule has 5 heteroatoms. The molecule has 1 heterocycles. The SMILES string of the molecule is COc1ccc2nc(CC(=O)O)nc(C)c2c1. The van der Waals surface area contributed by atoms with Gasteiger partial charge in [-0.2, -0.15) is 0 Å². The number of methoxy groups -OCH3 is 1. The van der Waals surface area contributed by atoms with Crippen molar-refractivity contribution in [2.45, 2.75) is 13.3 Å². The largest absolute Gasteiger partial charge is 0.497 e. The third kappa shape index (κ3) is 2.33. The number of aryl methyl sites for hydroxylation is 1. The highest BCUT2D eigenvalue weighted by Gasteiger charge is 2.08. The van der Waals surface area contributed by atoms with Gasteiger partial charge in [-0.05, 0) is 25.1 Å². The number of benzene rings is 1. The Kier molecular flexibility index (Phi) is 2.91. The number of carbonyl (C=O) groups is 1. The molecule has 0 aliphatic heterocycles. The number of hydrogen-bond donors (Lipinski definition) is 1. The van der Waals surface area contributed by atoms with E-state index in [9.17, 15) is 4.79 Å². The first-order chi connectivity index (χ1) is 8.10. The van der Waals surface area contributed by atoms with E-state index in [1.165, 1.54) is 0 Å². The summed E-state index contributed by atoms with van der Waals surface area (Å²) in [6.45, 7) is 1.83. The molecule has 0 amide bonds. The van der Waals surface area contributed by atoms with Crippen molar-refractivity contribution in [2.75, 3.05) is 7.11 Å². The number of aromatic nitrogens is 2. The molecule has 0 atom stereocenters. The molecule has 88 valence electrons. The molecule has 0 radical (unpaired) electrons. The molecular weight excluding hydrogens is 220 g/mol. The van der Waals surface area contributed by atoms with E-state index >= 15 is 0 Å². The predicted molar refractivity (Wildman–Crippen MR) is 62.2 cm³/mol. The molecule has 0 unspecified atom stereocenters. The fourth-order valence-corrected chi connectivity index (χ4v) is 1.66. The number of nitrogens with zero attached hydrogens (tertiary/aromatic N) is 2. The van der Waals surface area contributed by atoms with Gasteiger partial charge in [0, 0.05) is 11.1 Å². The van der Waals surface area contributed by atoms with Crippen molar-refractivity contribution >= 4 is 16.9 Å². The van der Waals surface area contributed by atoms with Crippen LogP contribution in [0, 0.1) is 6.92 Å². The second-order valence-corrected chi connectivity index (χ2v) is 3.68. The number of hydrogen-bond acceptors (Lipinski definition) is 4. The Morgan fingerprint density at radius 1 is 1.41 bits per heavy atom. The lowest BCUT2D eigenvalue weighted by molar-refractivity contribution is -0.136. The Morgan fingerprint density at radius 2 is 2.18 bits per heavy atom. The zero-order valence-corrected chi connectivity index (χ0v) is 9.60. The maximum atomic E-state index is 10.6. The fraction of sp³-hybridized carbons (Fsp3) is 0.250. The van der Waals surface area contributed by atoms with Gasteiger partial charge in [-0.3, -0.25) is 4.79 Å². The summed E-state index contributed by atoms with van der Waals surface area (Å²) < 4.78 is 5.12. The lowest BCUT2D eigenvalue weighted by Crippen LogP contribution is -2.06. The summed E-state index contributed by atoms with van der Waals surface area (Å²) in [5.41, 5.74) is 1.49. The van der Waals surface area contributed by atoms with Crippen LogP contribution in [-0.2, 0) is 11.2 Å². The minimum atomic E-state index is -0.933. The average molecular weight is 232 g/mol. The molecule has 2 rings (SSSR count). The van der Waals surface area contributed by atoms with Gasteiger partial charge < -0.3 is 9.84 Å². The van der Waals surface area contributed by atoms with E-state index in [0.717, 1.165) is 22.3 Å². The van der Waals surface area contributed by atoms with Crippen LogP contribution in [0.4, 0.5) is 0 Å². The zero-order valence-electron chi connectivity index (χ0n) is 9.60. The Labute approximate surface area is 98.1 Å². The van der Waals surface area contributed by atoms with E-state index in [1.807, 2.05) is 13.0 Å². The van der Waals surface area contributed by atoms with Crippen molar-refractivity contribution in [3.8, 4) is 5.75 Å². The second-order valence-electron chi connectivity index (χ2n) is 3.68. The van der Waals surface area contributed by atoms with E-state index in [-0.39, 0.29) is 6.42 Å². The maximum Gasteiger partial charge on any atom is 0.311 e. The van der Waals surface area contributed by atoms with E-state index in [1.54, 1.807) is 19.2 Å². The highest BCUT2D eigenvalue weighted by molar-refractivity contribution is 5.82. The van der Waals surface area contributed by atoms with E-state index in [4.69, 9.17) is 9.84 Å². The minimum Gasteiger partial charge on any atom is -0.497 e. The molecular formula is C12H12N2O3. The third-order valence-corrected chi connectivity index (χ3v) is 2.45. The quantitative estimate of drug-likeness (QED) is 0.869. The lowest BCUT2D eigenvalue weighted by Gasteiger charge is -2.06. The Bertz CT molecular complexity index is 581. The van der Waals surface area contributed by atoms with Crippen LogP contribution >= 0.6 is 0 Å². The molecule has 0 saturated heterocycles. The summed E-state index contributed by atoms with van der Waals surface area (Å²) in [5.74, 6) is 0.125. The minimum absolute atomic E-state index is 0.164. The van der Waals surface area contributed by atoms with Gasteiger partial charge in [-0.15, -0.1) is 0 Å². The van der Waals surface area contributed by atoms with Crippen molar-refractivity contribution in [1.29, 1.82) is 0 Å². The number of carboxylic acid groups (broad SMARTS) is 1. The van der Waals surface area contributed by atoms with E-state index in [0.29, 0.717) is 5.82 Å². The van der Waals surface area contributed by atoms with Crippen LogP contribution in [0.3, 0.4) is 0 Å². The Balaban J connectivity index is 2.55. The first-order valence-corrected chi connectivity index (χ1v) is 5.13. The van der Waals surface area contributed by atoms with Gasteiger partial charge >= 0.3 is 5.97 Å². The summed E-state index contributed by atoms with van der Waals surface area (Å²) >= 11 is 0. The lowest BCUT2D eigenvalue weighted by atomic mass is 10.2. The van der Waals surface area contributed by atoms with Crippen molar-refractivity contribution in [3.05, 3.63) is 29.7 Å². The van der Waals surface area contributed by atoms with Crippen molar-refractivity contribution in [2.24, 2.45) is 0 Å². The predicted octanol–water partition coefficient (Wildman–Crippen LogP) is 1.57. The summed E-state index contributed by atoms with van der Waals surface area (Å²) in [4.78, 5) is 19.0. The Hall–Kier alpha value is -2.17. The van der Waals surface area contributed by atoms with Crippen LogP contribution in [0.15, 0.2) is 18.2 Å². The van der Waals surface area contributed by atoms with E-state index < -0.39 is 5.97 Å². The van der Waals surface area contributed by atoms with Gasteiger partial charge in [0.05, 0.1) is 12.6 Å². The molecule has 0 bridgehead atoms. The molecule has 1 N–H and O–H groups in total. The molecule has 0 aliphatic carbocycles. The van der Waals surface area contributed by atoms with Gasteiger partial charge in [-0.1, -0.05) is 0 Å². The zero-order chi connectivity index (χ0) is 12.4. The van der Waals surface area contributed by atoms with Crippen LogP contribution in [-0.4, -0.2) is 28.2 Å².